The van der Waals surface area contributed by atoms with Crippen LogP contribution in [0.3, 0.4) is 0 Å². The lowest BCUT2D eigenvalue weighted by molar-refractivity contribution is -0.689. The van der Waals surface area contributed by atoms with Gasteiger partial charge in [0.05, 0.1) is 41.0 Å². The molecule has 3 aromatic carbocycles. The number of halogens is 6. The van der Waals surface area contributed by atoms with Crippen molar-refractivity contribution in [1.82, 2.24) is 14.8 Å². The molecule has 2 aromatic heterocycles. The van der Waals surface area contributed by atoms with Crippen molar-refractivity contribution in [3.8, 4) is 23.1 Å². The van der Waals surface area contributed by atoms with E-state index >= 15 is 4.39 Å². The van der Waals surface area contributed by atoms with Crippen molar-refractivity contribution in [2.45, 2.75) is 37.7 Å². The lowest BCUT2D eigenvalue weighted by Crippen LogP contribution is -3.00. The van der Waals surface area contributed by atoms with E-state index in [1.807, 2.05) is 0 Å². The quantitative estimate of drug-likeness (QED) is 0.0648. The third kappa shape index (κ3) is 10.5. The number of carboxylic acids is 2. The molecule has 0 amide bonds. The normalized spacial score (nSPS) is 12.6. The molecule has 0 aliphatic rings. The Labute approximate surface area is 317 Å². The van der Waals surface area contributed by atoms with E-state index in [1.165, 1.54) is 52.9 Å². The first-order valence-corrected chi connectivity index (χ1v) is 16.0. The molecule has 5 N–H and O–H groups in total. The van der Waals surface area contributed by atoms with Crippen molar-refractivity contribution >= 4 is 29.2 Å². The van der Waals surface area contributed by atoms with Crippen LogP contribution in [0.15, 0.2) is 78.7 Å². The summed E-state index contributed by atoms with van der Waals surface area (Å²) in [7, 11) is 0. The zero-order chi connectivity index (χ0) is 39.1. The number of nitrogens with two attached hydrogens (primary N) is 1. The van der Waals surface area contributed by atoms with Gasteiger partial charge in [-0.3, -0.25) is 4.79 Å². The van der Waals surface area contributed by atoms with Crippen molar-refractivity contribution in [2.75, 3.05) is 6.54 Å². The fourth-order valence-electron chi connectivity index (χ4n) is 4.93. The fraction of sp³-hybridized carbons (Fsp3) is 0.206. The average molecular weight is 840 g/mol. The van der Waals surface area contributed by atoms with Crippen molar-refractivity contribution in [3.05, 3.63) is 118 Å². The summed E-state index contributed by atoms with van der Waals surface area (Å²) in [6, 6.07) is 16.0. The first-order valence-electron chi connectivity index (χ1n) is 15.1. The number of aliphatic carboxylic acids is 1. The number of aromatic nitrogens is 4. The van der Waals surface area contributed by atoms with Crippen LogP contribution < -0.4 is 32.0 Å². The number of aromatic carboxylic acids is 1. The average Bonchev–Trinajstić information content (AvgIpc) is 3.78. The van der Waals surface area contributed by atoms with Crippen LogP contribution in [0.2, 0.25) is 0 Å². The van der Waals surface area contributed by atoms with Gasteiger partial charge in [0.15, 0.2) is 0 Å². The van der Waals surface area contributed by atoms with Crippen LogP contribution in [0.25, 0.3) is 11.3 Å². The Balaban J connectivity index is 0.000000893. The number of hydrogen-bond donors (Lipinski definition) is 4. The van der Waals surface area contributed by atoms with Gasteiger partial charge in [-0.1, -0.05) is 31.2 Å². The molecular weight excluding hydrogens is 811 g/mol. The highest BCUT2D eigenvalue weighted by molar-refractivity contribution is 7.10. The zero-order valence-electron chi connectivity index (χ0n) is 27.7. The van der Waals surface area contributed by atoms with E-state index in [2.05, 4.69) is 16.2 Å². The van der Waals surface area contributed by atoms with E-state index in [-0.39, 0.29) is 53.5 Å². The molecular formula is C34H28BrF5N6O7S. The fourth-order valence-corrected chi connectivity index (χ4v) is 5.91. The number of benzene rings is 3. The van der Waals surface area contributed by atoms with Gasteiger partial charge in [-0.2, -0.15) is 18.4 Å². The van der Waals surface area contributed by atoms with Crippen LogP contribution in [-0.2, 0) is 28.3 Å². The minimum absolute atomic E-state index is 0. The molecule has 2 atom stereocenters. The number of ether oxygens (including phenoxy) is 1. The number of carboxylic acid groups (broad SMARTS) is 2. The van der Waals surface area contributed by atoms with Crippen LogP contribution in [0.4, 0.5) is 22.0 Å². The van der Waals surface area contributed by atoms with Crippen LogP contribution in [0, 0.1) is 23.0 Å². The lowest BCUT2D eigenvalue weighted by Gasteiger charge is -2.32. The molecule has 0 unspecified atom stereocenters. The number of carbonyl (C=O) groups excluding carboxylic acids is 1. The van der Waals surface area contributed by atoms with Gasteiger partial charge in [0, 0.05) is 39.2 Å². The van der Waals surface area contributed by atoms with E-state index in [0.29, 0.717) is 27.9 Å². The highest BCUT2D eigenvalue weighted by Gasteiger charge is 2.43. The minimum atomic E-state index is -5.08. The molecule has 13 nitrogen and oxygen atoms in total. The van der Waals surface area contributed by atoms with E-state index in [4.69, 9.17) is 25.6 Å². The Morgan fingerprint density at radius 3 is 2.31 bits per heavy atom. The summed E-state index contributed by atoms with van der Waals surface area (Å²) in [5, 5.41) is 44.7. The lowest BCUT2D eigenvalue weighted by atomic mass is 9.82. The monoisotopic (exact) mass is 838 g/mol. The number of esters is 1. The highest BCUT2D eigenvalue weighted by atomic mass is 79.9. The van der Waals surface area contributed by atoms with Gasteiger partial charge in [-0.15, -0.1) is 16.0 Å². The van der Waals surface area contributed by atoms with Crippen LogP contribution in [0.5, 0.6) is 5.75 Å². The molecule has 0 saturated heterocycles. The second-order valence-corrected chi connectivity index (χ2v) is 12.1. The SMILES string of the molecule is C[C@@H](c1nc(-c2ccc(C#N)cc2)cs1)[C@](O)(Cn1c[n+](Cc2ccc(OC(=O)CN)cc2C(=O)O)cn1)c1ccc(F)cc1F.O=C(O)C(F)(F)F.[Br-]. The molecule has 0 bridgehead atoms. The molecule has 0 radical (unpaired) electrons. The molecule has 5 rings (SSSR count). The number of carbonyl (C=O) groups is 3. The summed E-state index contributed by atoms with van der Waals surface area (Å²) in [5.74, 6) is -7.24. The molecule has 0 fully saturated rings. The molecule has 5 aromatic rings. The number of thiazole rings is 1. The number of rotatable bonds is 11. The van der Waals surface area contributed by atoms with Crippen molar-refractivity contribution in [3.63, 3.8) is 0 Å². The first kappa shape index (κ1) is 42.8. The second-order valence-electron chi connectivity index (χ2n) is 11.3. The van der Waals surface area contributed by atoms with Crippen molar-refractivity contribution < 1.29 is 77.9 Å². The van der Waals surface area contributed by atoms with E-state index in [1.54, 1.807) is 41.1 Å². The largest absolute Gasteiger partial charge is 1.00 e. The molecule has 0 aliphatic carbocycles. The summed E-state index contributed by atoms with van der Waals surface area (Å²) in [6.07, 6.45) is -2.16. The highest BCUT2D eigenvalue weighted by Crippen LogP contribution is 2.41. The maximum atomic E-state index is 15.2. The minimum Gasteiger partial charge on any atom is -1.00 e. The smallest absolute Gasteiger partial charge is 0.490 e. The van der Waals surface area contributed by atoms with Crippen molar-refractivity contribution in [2.24, 2.45) is 5.73 Å². The number of alkyl halides is 3. The summed E-state index contributed by atoms with van der Waals surface area (Å²) in [4.78, 5) is 37.1. The van der Waals surface area contributed by atoms with Gasteiger partial charge in [0.1, 0.15) is 29.5 Å². The summed E-state index contributed by atoms with van der Waals surface area (Å²) >= 11 is 1.26. The maximum absolute atomic E-state index is 15.2. The molecule has 284 valence electrons. The standard InChI is InChI=1S/C32H26F2N6O5S.C2HF3O2.BrH/c1-19(30-38-28(15-46-30)21-4-2-20(12-35)3-5-21)32(44,26-9-7-23(33)10-27(26)34)16-40-18-39(17-37-40)14-22-6-8-24(45-29(41)13-36)11-25(22)31(42)43;3-2(4,5)1(6)7;/h2-11,15,17-19,44H,13-14,16,36H2,1H3;(H,6,7);1H/t19-,32+;;/m0../s1. The predicted octanol–water partition coefficient (Wildman–Crippen LogP) is 1.38. The van der Waals surface area contributed by atoms with Crippen LogP contribution in [0.1, 0.15) is 44.9 Å². The van der Waals surface area contributed by atoms with Gasteiger partial charge in [-0.25, -0.2) is 27.9 Å². The Morgan fingerprint density at radius 2 is 1.74 bits per heavy atom. The zero-order valence-corrected chi connectivity index (χ0v) is 30.1. The summed E-state index contributed by atoms with van der Waals surface area (Å²) in [6.45, 7) is 1.09. The van der Waals surface area contributed by atoms with E-state index in [9.17, 15) is 37.4 Å². The van der Waals surface area contributed by atoms with Gasteiger partial charge < -0.3 is 42.8 Å². The number of nitriles is 1. The first-order chi connectivity index (χ1) is 24.9. The Bertz CT molecular complexity index is 2170. The Morgan fingerprint density at radius 1 is 1.07 bits per heavy atom. The summed E-state index contributed by atoms with van der Waals surface area (Å²) in [5.41, 5.74) is 5.27. The van der Waals surface area contributed by atoms with Crippen molar-refractivity contribution in [1.29, 1.82) is 5.26 Å². The summed E-state index contributed by atoms with van der Waals surface area (Å²) < 4.78 is 68.8. The Hall–Kier alpha value is -5.62. The molecule has 0 spiro atoms. The number of hydrogen-bond acceptors (Lipinski definition) is 10. The van der Waals surface area contributed by atoms with E-state index in [0.717, 1.165) is 11.6 Å². The molecule has 20 heteroatoms. The van der Waals surface area contributed by atoms with Gasteiger partial charge in [-0.05, 0) is 30.3 Å². The second kappa shape index (κ2) is 17.9. The molecule has 54 heavy (non-hydrogen) atoms. The van der Waals surface area contributed by atoms with Crippen LogP contribution in [-0.4, -0.2) is 60.7 Å². The number of nitrogens with zero attached hydrogens (tertiary/aromatic N) is 5. The third-order valence-corrected chi connectivity index (χ3v) is 8.68. The molecule has 2 heterocycles. The van der Waals surface area contributed by atoms with Gasteiger partial charge in [0.2, 0.25) is 6.33 Å². The van der Waals surface area contributed by atoms with Gasteiger partial charge >= 0.3 is 24.1 Å². The van der Waals surface area contributed by atoms with E-state index < -0.39 is 47.2 Å². The topological polar surface area (TPSA) is 206 Å². The predicted molar refractivity (Wildman–Crippen MR) is 174 cm³/mol. The maximum Gasteiger partial charge on any atom is 0.490 e. The van der Waals surface area contributed by atoms with Gasteiger partial charge in [0.25, 0.3) is 6.33 Å². The third-order valence-electron chi connectivity index (χ3n) is 7.65. The molecule has 0 aliphatic heterocycles. The Kier molecular flexibility index (Phi) is 14.2. The molecule has 0 saturated carbocycles. The number of aliphatic hydroxyl groups is 1. The van der Waals surface area contributed by atoms with Crippen LogP contribution >= 0.6 is 11.3 Å².